The minimum atomic E-state index is -0.294. The summed E-state index contributed by atoms with van der Waals surface area (Å²) in [6.45, 7) is -0.206. The van der Waals surface area contributed by atoms with Crippen LogP contribution in [-0.2, 0) is 6.61 Å². The molecule has 4 nitrogen and oxygen atoms in total. The smallest absolute Gasteiger partial charge is 0.140 e. The van der Waals surface area contributed by atoms with Gasteiger partial charge in [0.05, 0.1) is 16.7 Å². The van der Waals surface area contributed by atoms with Crippen molar-refractivity contribution in [1.29, 1.82) is 0 Å². The molecule has 1 aromatic heterocycles. The monoisotopic (exact) mass is 383 g/mol. The van der Waals surface area contributed by atoms with E-state index in [9.17, 15) is 9.50 Å². The van der Waals surface area contributed by atoms with E-state index in [1.54, 1.807) is 18.2 Å². The number of aliphatic hydroxyl groups is 1. The minimum Gasteiger partial charge on any atom is -0.399 e. The van der Waals surface area contributed by atoms with E-state index in [0.717, 1.165) is 14.8 Å². The maximum atomic E-state index is 13.2. The van der Waals surface area contributed by atoms with Crippen molar-refractivity contribution in [3.05, 3.63) is 51.6 Å². The number of aliphatic hydroxyl groups excluding tert-OH is 1. The van der Waals surface area contributed by atoms with E-state index in [2.05, 4.69) is 27.6 Å². The molecular formula is C14H11FIN3O. The summed E-state index contributed by atoms with van der Waals surface area (Å²) in [7, 11) is 0. The number of nitrogen functional groups attached to an aromatic ring is 1. The lowest BCUT2D eigenvalue weighted by Gasteiger charge is -2.10. The maximum absolute atomic E-state index is 13.2. The van der Waals surface area contributed by atoms with Crippen LogP contribution in [-0.4, -0.2) is 14.7 Å². The summed E-state index contributed by atoms with van der Waals surface area (Å²) in [6, 6.07) is 9.88. The molecule has 0 aliphatic heterocycles. The molecule has 0 saturated carbocycles. The van der Waals surface area contributed by atoms with Gasteiger partial charge in [-0.15, -0.1) is 0 Å². The molecule has 0 bridgehead atoms. The highest BCUT2D eigenvalue weighted by Gasteiger charge is 2.14. The number of hydrogen-bond donors (Lipinski definition) is 2. The topological polar surface area (TPSA) is 64.1 Å². The average Bonchev–Trinajstić information content (AvgIpc) is 2.76. The molecule has 0 aliphatic rings. The lowest BCUT2D eigenvalue weighted by molar-refractivity contribution is 0.270. The van der Waals surface area contributed by atoms with Crippen molar-refractivity contribution in [3.8, 4) is 5.69 Å². The second-order valence-electron chi connectivity index (χ2n) is 4.37. The Kier molecular flexibility index (Phi) is 3.35. The normalized spacial score (nSPS) is 11.2. The Labute approximate surface area is 128 Å². The first kappa shape index (κ1) is 13.3. The van der Waals surface area contributed by atoms with Crippen LogP contribution in [0.3, 0.4) is 0 Å². The van der Waals surface area contributed by atoms with Gasteiger partial charge in [-0.1, -0.05) is 0 Å². The molecule has 0 radical (unpaired) electrons. The number of fused-ring (bicyclic) bond motifs is 1. The summed E-state index contributed by atoms with van der Waals surface area (Å²) in [5.41, 5.74) is 8.67. The van der Waals surface area contributed by atoms with Gasteiger partial charge in [0.15, 0.2) is 0 Å². The van der Waals surface area contributed by atoms with E-state index < -0.39 is 0 Å². The van der Waals surface area contributed by atoms with Gasteiger partial charge >= 0.3 is 0 Å². The number of aromatic nitrogens is 2. The fourth-order valence-corrected chi connectivity index (χ4v) is 2.90. The molecule has 6 heteroatoms. The minimum absolute atomic E-state index is 0.206. The first-order chi connectivity index (χ1) is 9.60. The Morgan fingerprint density at radius 2 is 2.05 bits per heavy atom. The third-order valence-electron chi connectivity index (χ3n) is 3.04. The van der Waals surface area contributed by atoms with Crippen LogP contribution >= 0.6 is 22.6 Å². The molecule has 0 atom stereocenters. The van der Waals surface area contributed by atoms with Crippen LogP contribution in [0.15, 0.2) is 36.4 Å². The molecule has 1 heterocycles. The Morgan fingerprint density at radius 3 is 2.75 bits per heavy atom. The van der Waals surface area contributed by atoms with Gasteiger partial charge in [0, 0.05) is 9.26 Å². The SMILES string of the molecule is Nc1ccc2c(c1)nc(CO)n2-c1ccc(F)cc1I. The summed E-state index contributed by atoms with van der Waals surface area (Å²) in [5.74, 6) is 0.201. The number of rotatable bonds is 2. The zero-order valence-electron chi connectivity index (χ0n) is 10.3. The second-order valence-corrected chi connectivity index (χ2v) is 5.53. The van der Waals surface area contributed by atoms with E-state index >= 15 is 0 Å². The van der Waals surface area contributed by atoms with E-state index in [4.69, 9.17) is 5.73 Å². The number of anilines is 1. The van der Waals surface area contributed by atoms with Crippen LogP contribution in [0.1, 0.15) is 5.82 Å². The van der Waals surface area contributed by atoms with Gasteiger partial charge in [0.2, 0.25) is 0 Å². The van der Waals surface area contributed by atoms with Crippen molar-refractivity contribution >= 4 is 39.3 Å². The van der Waals surface area contributed by atoms with Crippen molar-refractivity contribution in [3.63, 3.8) is 0 Å². The number of nitrogens with zero attached hydrogens (tertiary/aromatic N) is 2. The highest BCUT2D eigenvalue weighted by atomic mass is 127. The van der Waals surface area contributed by atoms with E-state index in [1.165, 1.54) is 12.1 Å². The lowest BCUT2D eigenvalue weighted by atomic mass is 10.2. The maximum Gasteiger partial charge on any atom is 0.140 e. The molecule has 0 unspecified atom stereocenters. The third-order valence-corrected chi connectivity index (χ3v) is 3.90. The number of benzene rings is 2. The molecule has 0 spiro atoms. The number of nitrogens with two attached hydrogens (primary N) is 1. The molecule has 0 saturated heterocycles. The molecule has 3 aromatic rings. The highest BCUT2D eigenvalue weighted by Crippen LogP contribution is 2.26. The van der Waals surface area contributed by atoms with E-state index in [1.807, 2.05) is 10.6 Å². The van der Waals surface area contributed by atoms with Crippen LogP contribution < -0.4 is 5.73 Å². The zero-order valence-corrected chi connectivity index (χ0v) is 12.5. The lowest BCUT2D eigenvalue weighted by Crippen LogP contribution is -2.03. The fraction of sp³-hybridized carbons (Fsp3) is 0.0714. The van der Waals surface area contributed by atoms with Gasteiger partial charge in [-0.05, 0) is 59.0 Å². The zero-order chi connectivity index (χ0) is 14.3. The van der Waals surface area contributed by atoms with E-state index in [0.29, 0.717) is 17.0 Å². The van der Waals surface area contributed by atoms with Crippen molar-refractivity contribution in [2.75, 3.05) is 5.73 Å². The Morgan fingerprint density at radius 1 is 1.25 bits per heavy atom. The molecule has 3 N–H and O–H groups in total. The molecular weight excluding hydrogens is 372 g/mol. The summed E-state index contributed by atoms with van der Waals surface area (Å²) < 4.78 is 15.8. The Bertz CT molecular complexity index is 800. The van der Waals surface area contributed by atoms with Crippen LogP contribution in [0.5, 0.6) is 0 Å². The number of imidazole rings is 1. The van der Waals surface area contributed by atoms with E-state index in [-0.39, 0.29) is 12.4 Å². The molecule has 3 rings (SSSR count). The third kappa shape index (κ3) is 2.14. The van der Waals surface area contributed by atoms with Crippen LogP contribution in [0.2, 0.25) is 0 Å². The fourth-order valence-electron chi connectivity index (χ4n) is 2.18. The summed E-state index contributed by atoms with van der Waals surface area (Å²) in [6.07, 6.45) is 0. The van der Waals surface area contributed by atoms with Crippen LogP contribution in [0, 0.1) is 9.39 Å². The quantitative estimate of drug-likeness (QED) is 0.529. The van der Waals surface area contributed by atoms with Gasteiger partial charge < -0.3 is 10.8 Å². The summed E-state index contributed by atoms with van der Waals surface area (Å²) >= 11 is 2.06. The standard InChI is InChI=1S/C14H11FIN3O/c15-8-1-3-12(10(16)5-8)19-13-4-2-9(17)6-11(13)18-14(19)7-20/h1-6,20H,7,17H2. The van der Waals surface area contributed by atoms with Gasteiger partial charge in [0.1, 0.15) is 18.2 Å². The van der Waals surface area contributed by atoms with Crippen molar-refractivity contribution in [1.82, 2.24) is 9.55 Å². The highest BCUT2D eigenvalue weighted by molar-refractivity contribution is 14.1. The second kappa shape index (κ2) is 5.02. The molecule has 20 heavy (non-hydrogen) atoms. The van der Waals surface area contributed by atoms with Gasteiger partial charge in [-0.3, -0.25) is 4.57 Å². The first-order valence-electron chi connectivity index (χ1n) is 5.93. The van der Waals surface area contributed by atoms with Crippen molar-refractivity contribution in [2.45, 2.75) is 6.61 Å². The molecule has 0 amide bonds. The number of halogens is 2. The van der Waals surface area contributed by atoms with Crippen LogP contribution in [0.4, 0.5) is 10.1 Å². The molecule has 102 valence electrons. The van der Waals surface area contributed by atoms with Crippen LogP contribution in [0.25, 0.3) is 16.7 Å². The molecule has 0 aliphatic carbocycles. The Balaban J connectivity index is 2.34. The average molecular weight is 383 g/mol. The van der Waals surface area contributed by atoms with Gasteiger partial charge in [-0.2, -0.15) is 0 Å². The van der Waals surface area contributed by atoms with Crippen molar-refractivity contribution < 1.29 is 9.50 Å². The van der Waals surface area contributed by atoms with Crippen molar-refractivity contribution in [2.24, 2.45) is 0 Å². The first-order valence-corrected chi connectivity index (χ1v) is 7.01. The number of hydrogen-bond acceptors (Lipinski definition) is 3. The predicted octanol–water partition coefficient (Wildman–Crippen LogP) is 2.84. The Hall–Kier alpha value is -1.67. The van der Waals surface area contributed by atoms with Gasteiger partial charge in [-0.25, -0.2) is 9.37 Å². The summed E-state index contributed by atoms with van der Waals surface area (Å²) in [5, 5.41) is 9.50. The molecule has 0 fully saturated rings. The predicted molar refractivity (Wildman–Crippen MR) is 84.1 cm³/mol. The van der Waals surface area contributed by atoms with Gasteiger partial charge in [0.25, 0.3) is 0 Å². The summed E-state index contributed by atoms with van der Waals surface area (Å²) in [4.78, 5) is 4.37. The largest absolute Gasteiger partial charge is 0.399 e. The molecule has 2 aromatic carbocycles.